The number of pyridine rings is 2. The Kier molecular flexibility index (Phi) is 9.11. The highest BCUT2D eigenvalue weighted by Gasteiger charge is 2.28. The molecule has 3 amide bonds. The number of halogens is 2. The number of likely N-dealkylation sites (N-methyl/N-ethyl adjacent to an activating group) is 1. The normalized spacial score (nSPS) is 11.7. The average molecular weight is 590 g/mol. The first-order valence-electron chi connectivity index (χ1n) is 12.4. The first-order valence-corrected chi connectivity index (χ1v) is 13.2. The summed E-state index contributed by atoms with van der Waals surface area (Å²) in [6.07, 6.45) is 4.20. The van der Waals surface area contributed by atoms with Gasteiger partial charge in [-0.2, -0.15) is 0 Å². The van der Waals surface area contributed by atoms with Gasteiger partial charge in [0.05, 0.1) is 21.1 Å². The zero-order valence-electron chi connectivity index (χ0n) is 22.3. The predicted octanol–water partition coefficient (Wildman–Crippen LogP) is 5.05. The molecule has 0 fully saturated rings. The molecule has 0 aliphatic rings. The Morgan fingerprint density at radius 1 is 0.976 bits per heavy atom. The van der Waals surface area contributed by atoms with Gasteiger partial charge in [-0.1, -0.05) is 47.5 Å². The second-order valence-corrected chi connectivity index (χ2v) is 9.82. The topological polar surface area (TPSA) is 130 Å². The van der Waals surface area contributed by atoms with Gasteiger partial charge in [-0.3, -0.25) is 24.2 Å². The minimum atomic E-state index is -1.23. The summed E-state index contributed by atoms with van der Waals surface area (Å²) in [4.78, 5) is 59.2. The van der Waals surface area contributed by atoms with Crippen LogP contribution >= 0.6 is 23.2 Å². The molecule has 4 rings (SSSR count). The summed E-state index contributed by atoms with van der Waals surface area (Å²) in [5.41, 5.74) is 2.29. The summed E-state index contributed by atoms with van der Waals surface area (Å²) in [7, 11) is 1.42. The molecule has 0 saturated carbocycles. The highest BCUT2D eigenvalue weighted by molar-refractivity contribution is 6.42. The number of aryl methyl sites for hydroxylation is 1. The van der Waals surface area contributed by atoms with Gasteiger partial charge in [-0.25, -0.2) is 4.98 Å². The Hall–Kier alpha value is -4.60. The zero-order valence-corrected chi connectivity index (χ0v) is 23.8. The van der Waals surface area contributed by atoms with Crippen molar-refractivity contribution in [3.05, 3.63) is 105 Å². The number of para-hydroxylation sites is 1. The molecule has 3 N–H and O–H groups in total. The highest BCUT2D eigenvalue weighted by atomic mass is 35.5. The second kappa shape index (κ2) is 12.7. The Morgan fingerprint density at radius 2 is 1.76 bits per heavy atom. The van der Waals surface area contributed by atoms with E-state index in [1.165, 1.54) is 44.5 Å². The van der Waals surface area contributed by atoms with Crippen molar-refractivity contribution in [2.45, 2.75) is 19.9 Å². The largest absolute Gasteiger partial charge is 0.357 e. The number of nitrogens with zero attached hydrogens (tertiary/aromatic N) is 2. The standard InChI is InChI=1S/C30H25Cl2N5O4/c1-16-7-10-19-5-4-6-21(27(19)35-16)29(40)25-22(31)12-11-20(26(25)32)28(30(41)33-3)37-24(39)14-9-18-8-13-23(34-15-18)36-17(2)38/h4-15,28H,1-3H3,(H,33,41)(H,37,39)(H,34,36,38)/b14-9+. The van der Waals surface area contributed by atoms with Gasteiger partial charge in [0.25, 0.3) is 0 Å². The van der Waals surface area contributed by atoms with E-state index in [1.54, 1.807) is 24.3 Å². The lowest BCUT2D eigenvalue weighted by Crippen LogP contribution is -2.38. The molecule has 0 aliphatic carbocycles. The number of carbonyl (C=O) groups excluding carboxylic acids is 4. The number of fused-ring (bicyclic) bond motifs is 1. The number of aromatic nitrogens is 2. The van der Waals surface area contributed by atoms with Crippen LogP contribution in [-0.4, -0.2) is 40.5 Å². The van der Waals surface area contributed by atoms with Crippen molar-refractivity contribution in [1.82, 2.24) is 20.6 Å². The molecular weight excluding hydrogens is 565 g/mol. The van der Waals surface area contributed by atoms with Gasteiger partial charge in [0, 0.05) is 48.5 Å². The molecule has 1 atom stereocenters. The SMILES string of the molecule is CNC(=O)C(NC(=O)/C=C/c1ccc(NC(C)=O)nc1)c1ccc(Cl)c(C(=O)c2cccc3ccc(C)nc23)c1Cl. The van der Waals surface area contributed by atoms with Gasteiger partial charge >= 0.3 is 0 Å². The van der Waals surface area contributed by atoms with E-state index in [0.29, 0.717) is 22.5 Å². The van der Waals surface area contributed by atoms with Crippen molar-refractivity contribution < 1.29 is 19.2 Å². The molecule has 41 heavy (non-hydrogen) atoms. The van der Waals surface area contributed by atoms with Gasteiger partial charge in [-0.05, 0) is 48.9 Å². The molecule has 0 saturated heterocycles. The number of benzene rings is 2. The maximum absolute atomic E-state index is 13.8. The molecule has 208 valence electrons. The van der Waals surface area contributed by atoms with Crippen LogP contribution in [0.3, 0.4) is 0 Å². The number of ketones is 1. The lowest BCUT2D eigenvalue weighted by molar-refractivity contribution is -0.126. The van der Waals surface area contributed by atoms with Crippen LogP contribution in [0.5, 0.6) is 0 Å². The Balaban J connectivity index is 1.65. The molecule has 0 spiro atoms. The fourth-order valence-electron chi connectivity index (χ4n) is 4.11. The third-order valence-corrected chi connectivity index (χ3v) is 6.80. The smallest absolute Gasteiger partial charge is 0.247 e. The van der Waals surface area contributed by atoms with E-state index in [2.05, 4.69) is 25.9 Å². The van der Waals surface area contributed by atoms with Crippen molar-refractivity contribution in [3.8, 4) is 0 Å². The Morgan fingerprint density at radius 3 is 2.44 bits per heavy atom. The van der Waals surface area contributed by atoms with E-state index in [0.717, 1.165) is 11.1 Å². The predicted molar refractivity (Wildman–Crippen MR) is 159 cm³/mol. The number of hydrogen-bond acceptors (Lipinski definition) is 6. The summed E-state index contributed by atoms with van der Waals surface area (Å²) < 4.78 is 0. The van der Waals surface area contributed by atoms with Crippen LogP contribution in [0, 0.1) is 6.92 Å². The van der Waals surface area contributed by atoms with Crippen LogP contribution in [0.1, 0.15) is 45.7 Å². The molecule has 11 heteroatoms. The summed E-state index contributed by atoms with van der Waals surface area (Å²) in [5, 5.41) is 8.48. The molecule has 1 unspecified atom stereocenters. The Bertz CT molecular complexity index is 1700. The minimum absolute atomic E-state index is 0.00864. The van der Waals surface area contributed by atoms with Crippen molar-refractivity contribution in [1.29, 1.82) is 0 Å². The Labute approximate surface area is 246 Å². The van der Waals surface area contributed by atoms with E-state index >= 15 is 0 Å². The minimum Gasteiger partial charge on any atom is -0.357 e. The molecule has 2 aromatic heterocycles. The highest BCUT2D eigenvalue weighted by Crippen LogP contribution is 2.35. The van der Waals surface area contributed by atoms with Gasteiger partial charge in [0.15, 0.2) is 5.78 Å². The lowest BCUT2D eigenvalue weighted by Gasteiger charge is -2.20. The van der Waals surface area contributed by atoms with Gasteiger partial charge in [0.1, 0.15) is 11.9 Å². The molecular formula is C30H25Cl2N5O4. The zero-order chi connectivity index (χ0) is 29.7. The fourth-order valence-corrected chi connectivity index (χ4v) is 4.76. The van der Waals surface area contributed by atoms with Crippen LogP contribution in [0.15, 0.2) is 66.9 Å². The number of anilines is 1. The lowest BCUT2D eigenvalue weighted by atomic mass is 9.96. The van der Waals surface area contributed by atoms with E-state index in [9.17, 15) is 19.2 Å². The number of nitrogens with one attached hydrogen (secondary N) is 3. The van der Waals surface area contributed by atoms with Crippen LogP contribution in [-0.2, 0) is 14.4 Å². The second-order valence-electron chi connectivity index (χ2n) is 9.03. The first-order chi connectivity index (χ1) is 19.6. The number of hydrogen-bond donors (Lipinski definition) is 3. The number of carbonyl (C=O) groups is 4. The van der Waals surface area contributed by atoms with E-state index < -0.39 is 23.6 Å². The van der Waals surface area contributed by atoms with Crippen LogP contribution in [0.25, 0.3) is 17.0 Å². The van der Waals surface area contributed by atoms with Gasteiger partial charge < -0.3 is 16.0 Å². The van der Waals surface area contributed by atoms with E-state index in [-0.39, 0.29) is 27.1 Å². The molecule has 0 radical (unpaired) electrons. The van der Waals surface area contributed by atoms with Crippen molar-refractivity contribution in [2.75, 3.05) is 12.4 Å². The van der Waals surface area contributed by atoms with Crippen LogP contribution < -0.4 is 16.0 Å². The van der Waals surface area contributed by atoms with E-state index in [1.807, 2.05) is 25.1 Å². The molecule has 9 nitrogen and oxygen atoms in total. The summed E-state index contributed by atoms with van der Waals surface area (Å²) in [6, 6.07) is 13.9. The van der Waals surface area contributed by atoms with Crippen molar-refractivity contribution >= 4 is 69.5 Å². The summed E-state index contributed by atoms with van der Waals surface area (Å²) >= 11 is 13.2. The average Bonchev–Trinajstić information content (AvgIpc) is 2.94. The number of rotatable bonds is 8. The summed E-state index contributed by atoms with van der Waals surface area (Å²) in [6.45, 7) is 3.19. The third-order valence-electron chi connectivity index (χ3n) is 6.08. The maximum atomic E-state index is 13.8. The molecule has 4 aromatic rings. The van der Waals surface area contributed by atoms with Crippen molar-refractivity contribution in [2.24, 2.45) is 0 Å². The van der Waals surface area contributed by atoms with Gasteiger partial charge in [-0.15, -0.1) is 0 Å². The monoisotopic (exact) mass is 589 g/mol. The molecule has 0 aliphatic heterocycles. The number of amides is 3. The van der Waals surface area contributed by atoms with Crippen LogP contribution in [0.4, 0.5) is 5.82 Å². The van der Waals surface area contributed by atoms with Crippen molar-refractivity contribution in [3.63, 3.8) is 0 Å². The molecule has 2 aromatic carbocycles. The molecule has 2 heterocycles. The fraction of sp³-hybridized carbons (Fsp3) is 0.133. The maximum Gasteiger partial charge on any atom is 0.247 e. The summed E-state index contributed by atoms with van der Waals surface area (Å²) in [5.74, 6) is -1.51. The van der Waals surface area contributed by atoms with Gasteiger partial charge in [0.2, 0.25) is 17.7 Å². The quantitative estimate of drug-likeness (QED) is 0.195. The van der Waals surface area contributed by atoms with Crippen LogP contribution in [0.2, 0.25) is 10.0 Å². The third kappa shape index (κ3) is 6.77. The van der Waals surface area contributed by atoms with E-state index in [4.69, 9.17) is 23.2 Å². The molecule has 0 bridgehead atoms. The first kappa shape index (κ1) is 29.4.